The van der Waals surface area contributed by atoms with Crippen molar-refractivity contribution >= 4 is 11.8 Å². The van der Waals surface area contributed by atoms with Crippen LogP contribution in [0.5, 0.6) is 0 Å². The van der Waals surface area contributed by atoms with Crippen LogP contribution in [-0.4, -0.2) is 49.4 Å². The van der Waals surface area contributed by atoms with Gasteiger partial charge in [-0.05, 0) is 38.6 Å². The Morgan fingerprint density at radius 2 is 2.16 bits per heavy atom. The van der Waals surface area contributed by atoms with Crippen molar-refractivity contribution in [3.8, 4) is 0 Å². The van der Waals surface area contributed by atoms with Gasteiger partial charge in [0.05, 0.1) is 5.92 Å². The van der Waals surface area contributed by atoms with E-state index < -0.39 is 0 Å². The summed E-state index contributed by atoms with van der Waals surface area (Å²) >= 11 is 0. The minimum atomic E-state index is -0.0210. The van der Waals surface area contributed by atoms with Gasteiger partial charge in [-0.15, -0.1) is 0 Å². The number of hydrogen-bond acceptors (Lipinski definition) is 3. The van der Waals surface area contributed by atoms with E-state index in [1.807, 2.05) is 4.90 Å². The minimum Gasteiger partial charge on any atom is -0.359 e. The minimum absolute atomic E-state index is 0.0210. The van der Waals surface area contributed by atoms with E-state index in [-0.39, 0.29) is 17.7 Å². The molecule has 0 radical (unpaired) electrons. The SMILES string of the molecule is CNC(=O)C1CCCN(C(=O)CCC2CCCN2)C1. The highest BCUT2D eigenvalue weighted by molar-refractivity contribution is 5.81. The summed E-state index contributed by atoms with van der Waals surface area (Å²) in [5.74, 6) is 0.254. The van der Waals surface area contributed by atoms with Crippen LogP contribution in [0.3, 0.4) is 0 Å². The van der Waals surface area contributed by atoms with Crippen LogP contribution in [0.1, 0.15) is 38.5 Å². The lowest BCUT2D eigenvalue weighted by Crippen LogP contribution is -2.45. The summed E-state index contributed by atoms with van der Waals surface area (Å²) < 4.78 is 0. The highest BCUT2D eigenvalue weighted by Crippen LogP contribution is 2.19. The molecule has 0 spiro atoms. The third kappa shape index (κ3) is 3.93. The van der Waals surface area contributed by atoms with Gasteiger partial charge in [0, 0.05) is 32.6 Å². The first-order chi connectivity index (χ1) is 9.20. The highest BCUT2D eigenvalue weighted by Gasteiger charge is 2.28. The molecule has 2 rings (SSSR count). The molecule has 108 valence electrons. The molecule has 0 aromatic carbocycles. The molecule has 2 amide bonds. The monoisotopic (exact) mass is 267 g/mol. The van der Waals surface area contributed by atoms with Crippen molar-refractivity contribution in [3.05, 3.63) is 0 Å². The Morgan fingerprint density at radius 3 is 2.84 bits per heavy atom. The Bertz CT molecular complexity index is 327. The number of carbonyl (C=O) groups is 2. The van der Waals surface area contributed by atoms with E-state index >= 15 is 0 Å². The van der Waals surface area contributed by atoms with Crippen molar-refractivity contribution in [3.63, 3.8) is 0 Å². The molecule has 0 aliphatic carbocycles. The van der Waals surface area contributed by atoms with Crippen LogP contribution in [0.25, 0.3) is 0 Å². The summed E-state index contributed by atoms with van der Waals surface area (Å²) in [4.78, 5) is 25.7. The summed E-state index contributed by atoms with van der Waals surface area (Å²) in [6, 6.07) is 0.517. The van der Waals surface area contributed by atoms with E-state index in [1.165, 1.54) is 12.8 Å². The normalized spacial score (nSPS) is 27.3. The van der Waals surface area contributed by atoms with Crippen molar-refractivity contribution in [1.29, 1.82) is 0 Å². The second kappa shape index (κ2) is 6.89. The molecule has 5 nitrogen and oxygen atoms in total. The van der Waals surface area contributed by atoms with Gasteiger partial charge in [-0.25, -0.2) is 0 Å². The van der Waals surface area contributed by atoms with Crippen LogP contribution in [0.4, 0.5) is 0 Å². The molecule has 2 atom stereocenters. The van der Waals surface area contributed by atoms with Gasteiger partial charge in [-0.3, -0.25) is 9.59 Å². The maximum atomic E-state index is 12.2. The average molecular weight is 267 g/mol. The van der Waals surface area contributed by atoms with E-state index in [0.717, 1.165) is 32.4 Å². The molecule has 2 unspecified atom stereocenters. The zero-order valence-corrected chi connectivity index (χ0v) is 11.8. The van der Waals surface area contributed by atoms with Crippen molar-refractivity contribution < 1.29 is 9.59 Å². The Morgan fingerprint density at radius 1 is 1.32 bits per heavy atom. The van der Waals surface area contributed by atoms with E-state index in [9.17, 15) is 9.59 Å². The molecule has 2 aliphatic heterocycles. The third-order valence-electron chi connectivity index (χ3n) is 4.26. The quantitative estimate of drug-likeness (QED) is 0.780. The number of hydrogen-bond donors (Lipinski definition) is 2. The van der Waals surface area contributed by atoms with E-state index in [2.05, 4.69) is 10.6 Å². The topological polar surface area (TPSA) is 61.4 Å². The summed E-state index contributed by atoms with van der Waals surface area (Å²) in [5, 5.41) is 6.10. The summed E-state index contributed by atoms with van der Waals surface area (Å²) in [7, 11) is 1.66. The first kappa shape index (κ1) is 14.3. The Labute approximate surface area is 115 Å². The van der Waals surface area contributed by atoms with Crippen molar-refractivity contribution in [2.75, 3.05) is 26.7 Å². The molecule has 2 aliphatic rings. The number of piperidine rings is 1. The summed E-state index contributed by atoms with van der Waals surface area (Å²) in [6.07, 6.45) is 5.78. The van der Waals surface area contributed by atoms with E-state index in [4.69, 9.17) is 0 Å². The Balaban J connectivity index is 1.76. The van der Waals surface area contributed by atoms with Gasteiger partial charge >= 0.3 is 0 Å². The van der Waals surface area contributed by atoms with Crippen LogP contribution < -0.4 is 10.6 Å². The zero-order valence-electron chi connectivity index (χ0n) is 11.8. The van der Waals surface area contributed by atoms with Gasteiger partial charge in [0.15, 0.2) is 0 Å². The standard InChI is InChI=1S/C14H25N3O2/c1-15-14(19)11-4-3-9-17(10-11)13(18)7-6-12-5-2-8-16-12/h11-12,16H,2-10H2,1H3,(H,15,19). The first-order valence-corrected chi connectivity index (χ1v) is 7.43. The second-order valence-corrected chi connectivity index (χ2v) is 5.63. The van der Waals surface area contributed by atoms with Gasteiger partial charge in [-0.2, -0.15) is 0 Å². The van der Waals surface area contributed by atoms with Crippen LogP contribution in [0, 0.1) is 5.92 Å². The largest absolute Gasteiger partial charge is 0.359 e. The predicted octanol–water partition coefficient (Wildman–Crippen LogP) is 0.503. The molecule has 0 bridgehead atoms. The molecular weight excluding hydrogens is 242 g/mol. The summed E-state index contributed by atoms with van der Waals surface area (Å²) in [5.41, 5.74) is 0. The molecule has 2 heterocycles. The summed E-state index contributed by atoms with van der Waals surface area (Å²) in [6.45, 7) is 2.49. The van der Waals surface area contributed by atoms with E-state index in [1.54, 1.807) is 7.05 Å². The number of likely N-dealkylation sites (tertiary alicyclic amines) is 1. The Kier molecular flexibility index (Phi) is 5.19. The average Bonchev–Trinajstić information content (AvgIpc) is 2.97. The molecule has 2 fully saturated rings. The van der Waals surface area contributed by atoms with Crippen LogP contribution in [0.2, 0.25) is 0 Å². The molecule has 2 saturated heterocycles. The first-order valence-electron chi connectivity index (χ1n) is 7.43. The van der Waals surface area contributed by atoms with Crippen molar-refractivity contribution in [2.24, 2.45) is 5.92 Å². The molecule has 0 aromatic rings. The molecule has 0 saturated carbocycles. The Hall–Kier alpha value is -1.10. The smallest absolute Gasteiger partial charge is 0.224 e. The number of nitrogens with one attached hydrogen (secondary N) is 2. The maximum absolute atomic E-state index is 12.2. The van der Waals surface area contributed by atoms with Crippen LogP contribution >= 0.6 is 0 Å². The lowest BCUT2D eigenvalue weighted by molar-refractivity contribution is -0.135. The zero-order chi connectivity index (χ0) is 13.7. The number of nitrogens with zero attached hydrogens (tertiary/aromatic N) is 1. The van der Waals surface area contributed by atoms with Crippen molar-refractivity contribution in [1.82, 2.24) is 15.5 Å². The van der Waals surface area contributed by atoms with Crippen molar-refractivity contribution in [2.45, 2.75) is 44.6 Å². The molecule has 19 heavy (non-hydrogen) atoms. The lowest BCUT2D eigenvalue weighted by Gasteiger charge is -2.32. The fourth-order valence-electron chi connectivity index (χ4n) is 3.08. The second-order valence-electron chi connectivity index (χ2n) is 5.63. The lowest BCUT2D eigenvalue weighted by atomic mass is 9.96. The molecule has 5 heteroatoms. The number of amides is 2. The van der Waals surface area contributed by atoms with Crippen LogP contribution in [-0.2, 0) is 9.59 Å². The molecule has 2 N–H and O–H groups in total. The van der Waals surface area contributed by atoms with Crippen LogP contribution in [0.15, 0.2) is 0 Å². The van der Waals surface area contributed by atoms with E-state index in [0.29, 0.717) is 19.0 Å². The fraction of sp³-hybridized carbons (Fsp3) is 0.857. The number of rotatable bonds is 4. The van der Waals surface area contributed by atoms with Gasteiger partial charge in [0.2, 0.25) is 11.8 Å². The maximum Gasteiger partial charge on any atom is 0.224 e. The fourth-order valence-corrected chi connectivity index (χ4v) is 3.08. The van der Waals surface area contributed by atoms with Gasteiger partial charge < -0.3 is 15.5 Å². The molecular formula is C14H25N3O2. The highest BCUT2D eigenvalue weighted by atomic mass is 16.2. The van der Waals surface area contributed by atoms with Gasteiger partial charge in [-0.1, -0.05) is 0 Å². The van der Waals surface area contributed by atoms with Gasteiger partial charge in [0.25, 0.3) is 0 Å². The molecule has 0 aromatic heterocycles. The predicted molar refractivity (Wildman–Crippen MR) is 73.6 cm³/mol. The van der Waals surface area contributed by atoms with Gasteiger partial charge in [0.1, 0.15) is 0 Å². The third-order valence-corrected chi connectivity index (χ3v) is 4.26. The number of carbonyl (C=O) groups excluding carboxylic acids is 2.